The van der Waals surface area contributed by atoms with E-state index in [1.54, 1.807) is 32.3 Å². The molecular formula is C17H24ClF2N3O4. The summed E-state index contributed by atoms with van der Waals surface area (Å²) in [6.45, 7) is -0.451. The van der Waals surface area contributed by atoms with E-state index in [1.807, 2.05) is 0 Å². The molecule has 27 heavy (non-hydrogen) atoms. The predicted molar refractivity (Wildman–Crippen MR) is 97.6 cm³/mol. The third-order valence-electron chi connectivity index (χ3n) is 3.97. The number of nitrogens with zero attached hydrogens (tertiary/aromatic N) is 1. The molecule has 7 nitrogen and oxygen atoms in total. The molecule has 0 aliphatic carbocycles. The molecule has 0 spiro atoms. The fourth-order valence-electron chi connectivity index (χ4n) is 2.42. The Balaban J connectivity index is 0.00000364. The molecule has 1 atom stereocenters. The number of likely N-dealkylation sites (N-methyl/N-ethyl adjacent to an activating group) is 1. The first-order valence-corrected chi connectivity index (χ1v) is 8.10. The van der Waals surface area contributed by atoms with Gasteiger partial charge >= 0.3 is 0 Å². The molecule has 1 saturated heterocycles. The summed E-state index contributed by atoms with van der Waals surface area (Å²) in [5.74, 6) is -2.71. The first-order chi connectivity index (χ1) is 12.2. The summed E-state index contributed by atoms with van der Waals surface area (Å²) in [5, 5.41) is 5.13. The molecule has 1 aromatic rings. The third-order valence-corrected chi connectivity index (χ3v) is 3.97. The van der Waals surface area contributed by atoms with E-state index in [1.165, 1.54) is 12.0 Å². The Labute approximate surface area is 162 Å². The lowest BCUT2D eigenvalue weighted by Gasteiger charge is -2.15. The van der Waals surface area contributed by atoms with E-state index in [2.05, 4.69) is 10.6 Å². The molecule has 1 aliphatic heterocycles. The first-order valence-electron chi connectivity index (χ1n) is 8.10. The van der Waals surface area contributed by atoms with Gasteiger partial charge in [-0.3, -0.25) is 14.9 Å². The Morgan fingerprint density at radius 1 is 1.33 bits per heavy atom. The lowest BCUT2D eigenvalue weighted by Crippen LogP contribution is -2.40. The Bertz CT molecular complexity index is 674. The summed E-state index contributed by atoms with van der Waals surface area (Å²) in [7, 11) is 4.72. The van der Waals surface area contributed by atoms with E-state index in [-0.39, 0.29) is 31.5 Å². The highest BCUT2D eigenvalue weighted by Crippen LogP contribution is 2.28. The van der Waals surface area contributed by atoms with Crippen LogP contribution in [-0.2, 0) is 16.1 Å². The van der Waals surface area contributed by atoms with Gasteiger partial charge in [0.2, 0.25) is 5.91 Å². The van der Waals surface area contributed by atoms with Crippen molar-refractivity contribution in [1.82, 2.24) is 15.5 Å². The molecule has 2 N–H and O–H groups in total. The van der Waals surface area contributed by atoms with Crippen LogP contribution in [0.4, 0.5) is 8.78 Å². The minimum Gasteiger partial charge on any atom is -0.493 e. The lowest BCUT2D eigenvalue weighted by molar-refractivity contribution is -0.130. The molecule has 1 fully saturated rings. The van der Waals surface area contributed by atoms with Gasteiger partial charge in [-0.15, -0.1) is 12.4 Å². The summed E-state index contributed by atoms with van der Waals surface area (Å²) in [4.78, 5) is 25.0. The fraction of sp³-hybridized carbons (Fsp3) is 0.529. The summed E-state index contributed by atoms with van der Waals surface area (Å²) < 4.78 is 37.0. The van der Waals surface area contributed by atoms with Crippen LogP contribution < -0.4 is 20.1 Å². The van der Waals surface area contributed by atoms with Gasteiger partial charge in [-0.1, -0.05) is 6.07 Å². The second-order valence-corrected chi connectivity index (χ2v) is 6.27. The average molecular weight is 408 g/mol. The molecule has 10 heteroatoms. The van der Waals surface area contributed by atoms with Crippen LogP contribution >= 0.6 is 12.4 Å². The van der Waals surface area contributed by atoms with Gasteiger partial charge in [0.25, 0.3) is 11.8 Å². The number of halogens is 3. The molecule has 1 heterocycles. The maximum Gasteiger partial charge on any atom is 0.262 e. The van der Waals surface area contributed by atoms with Crippen LogP contribution in [0.1, 0.15) is 12.0 Å². The molecule has 1 unspecified atom stereocenters. The van der Waals surface area contributed by atoms with E-state index in [4.69, 9.17) is 9.47 Å². The standard InChI is InChI=1S/C17H23F2N3O4.ClH/c1-22(2)15(23)9-26-13-5-4-11(6-14(13)25-3)8-20-16(24)12-7-17(18,19)10-21-12;/h4-6,12,21H,7-10H2,1-3H3,(H,20,24);1H. The highest BCUT2D eigenvalue weighted by atomic mass is 35.5. The van der Waals surface area contributed by atoms with Crippen molar-refractivity contribution in [1.29, 1.82) is 0 Å². The molecule has 0 saturated carbocycles. The largest absolute Gasteiger partial charge is 0.493 e. The van der Waals surface area contributed by atoms with Crippen LogP contribution in [0.3, 0.4) is 0 Å². The normalized spacial score (nSPS) is 17.6. The summed E-state index contributed by atoms with van der Waals surface area (Å²) in [5.41, 5.74) is 0.714. The highest BCUT2D eigenvalue weighted by Gasteiger charge is 2.42. The number of benzene rings is 1. The minimum absolute atomic E-state index is 0. The van der Waals surface area contributed by atoms with Crippen LogP contribution in [0, 0.1) is 0 Å². The Kier molecular flexibility index (Phi) is 8.23. The van der Waals surface area contributed by atoms with Crippen LogP contribution in [0.5, 0.6) is 11.5 Å². The van der Waals surface area contributed by atoms with Crippen molar-refractivity contribution in [3.8, 4) is 11.5 Å². The zero-order valence-electron chi connectivity index (χ0n) is 15.4. The molecule has 2 amide bonds. The van der Waals surface area contributed by atoms with Crippen molar-refractivity contribution in [3.63, 3.8) is 0 Å². The topological polar surface area (TPSA) is 79.9 Å². The summed E-state index contributed by atoms with van der Waals surface area (Å²) >= 11 is 0. The number of methoxy groups -OCH3 is 1. The van der Waals surface area contributed by atoms with Gasteiger partial charge in [0, 0.05) is 27.1 Å². The number of ether oxygens (including phenoxy) is 2. The van der Waals surface area contributed by atoms with E-state index in [0.717, 1.165) is 0 Å². The predicted octanol–water partition coefficient (Wildman–Crippen LogP) is 1.20. The number of carbonyl (C=O) groups is 2. The number of hydrogen-bond acceptors (Lipinski definition) is 5. The second kappa shape index (κ2) is 9.70. The van der Waals surface area contributed by atoms with Crippen LogP contribution in [0.2, 0.25) is 0 Å². The Hall–Kier alpha value is -2.13. The quantitative estimate of drug-likeness (QED) is 0.710. The number of rotatable bonds is 7. The highest BCUT2D eigenvalue weighted by molar-refractivity contribution is 5.85. The Morgan fingerprint density at radius 3 is 2.59 bits per heavy atom. The molecule has 2 rings (SSSR count). The lowest BCUT2D eigenvalue weighted by atomic mass is 10.1. The van der Waals surface area contributed by atoms with E-state index in [9.17, 15) is 18.4 Å². The third kappa shape index (κ3) is 6.51. The number of alkyl halides is 2. The van der Waals surface area contributed by atoms with Gasteiger partial charge < -0.3 is 19.7 Å². The van der Waals surface area contributed by atoms with Crippen molar-refractivity contribution in [3.05, 3.63) is 23.8 Å². The molecule has 1 aromatic carbocycles. The van der Waals surface area contributed by atoms with Gasteiger partial charge in [0.1, 0.15) is 0 Å². The van der Waals surface area contributed by atoms with Crippen LogP contribution in [0.25, 0.3) is 0 Å². The van der Waals surface area contributed by atoms with Gasteiger partial charge in [-0.25, -0.2) is 8.78 Å². The van der Waals surface area contributed by atoms with Gasteiger partial charge in [-0.2, -0.15) is 0 Å². The van der Waals surface area contributed by atoms with Crippen molar-refractivity contribution in [2.45, 2.75) is 24.9 Å². The van der Waals surface area contributed by atoms with E-state index in [0.29, 0.717) is 17.1 Å². The Morgan fingerprint density at radius 2 is 2.04 bits per heavy atom. The van der Waals surface area contributed by atoms with Gasteiger partial charge in [-0.05, 0) is 17.7 Å². The fourth-order valence-corrected chi connectivity index (χ4v) is 2.42. The van der Waals surface area contributed by atoms with E-state index >= 15 is 0 Å². The molecule has 0 aromatic heterocycles. The molecule has 152 valence electrons. The molecule has 0 radical (unpaired) electrons. The van der Waals surface area contributed by atoms with Crippen molar-refractivity contribution in [2.75, 3.05) is 34.4 Å². The minimum atomic E-state index is -2.85. The monoisotopic (exact) mass is 407 g/mol. The number of hydrogen-bond donors (Lipinski definition) is 2. The summed E-state index contributed by atoms with van der Waals surface area (Å²) in [6.07, 6.45) is -0.505. The smallest absolute Gasteiger partial charge is 0.262 e. The number of nitrogens with one attached hydrogen (secondary N) is 2. The molecule has 0 bridgehead atoms. The number of carbonyl (C=O) groups excluding carboxylic acids is 2. The van der Waals surface area contributed by atoms with Crippen molar-refractivity contribution in [2.24, 2.45) is 0 Å². The maximum absolute atomic E-state index is 13.1. The number of amides is 2. The van der Waals surface area contributed by atoms with Crippen LogP contribution in [0.15, 0.2) is 18.2 Å². The van der Waals surface area contributed by atoms with Gasteiger partial charge in [0.15, 0.2) is 18.1 Å². The average Bonchev–Trinajstić information content (AvgIpc) is 2.97. The zero-order valence-corrected chi connectivity index (χ0v) is 16.2. The van der Waals surface area contributed by atoms with Crippen LogP contribution in [-0.4, -0.2) is 63.0 Å². The van der Waals surface area contributed by atoms with E-state index < -0.39 is 30.8 Å². The van der Waals surface area contributed by atoms with Crippen molar-refractivity contribution < 1.29 is 27.8 Å². The SMILES string of the molecule is COc1cc(CNC(=O)C2CC(F)(F)CN2)ccc1OCC(=O)N(C)C.Cl. The maximum atomic E-state index is 13.1. The van der Waals surface area contributed by atoms with Crippen molar-refractivity contribution >= 4 is 24.2 Å². The van der Waals surface area contributed by atoms with Gasteiger partial charge in [0.05, 0.1) is 19.7 Å². The zero-order chi connectivity index (χ0) is 19.3. The second-order valence-electron chi connectivity index (χ2n) is 6.27. The molecule has 1 aliphatic rings. The first kappa shape index (κ1) is 22.9. The summed E-state index contributed by atoms with van der Waals surface area (Å²) in [6, 6.07) is 4.10. The molecular weight excluding hydrogens is 384 g/mol.